The molecule has 0 saturated carbocycles. The molecule has 5 rings (SSSR count). The van der Waals surface area contributed by atoms with E-state index in [-0.39, 0.29) is 11.9 Å². The molecule has 3 aromatic heterocycles. The highest BCUT2D eigenvalue weighted by molar-refractivity contribution is 5.78. The fourth-order valence-corrected chi connectivity index (χ4v) is 4.22. The quantitative estimate of drug-likeness (QED) is 0.401. The summed E-state index contributed by atoms with van der Waals surface area (Å²) >= 11 is 0. The number of hydrogen-bond donors (Lipinski definition) is 2. The van der Waals surface area contributed by atoms with Gasteiger partial charge in [-0.3, -0.25) is 0 Å². The lowest BCUT2D eigenvalue weighted by molar-refractivity contribution is 0.558. The fraction of sp³-hybridized carbons (Fsp3) is 0.280. The summed E-state index contributed by atoms with van der Waals surface area (Å²) in [6.45, 7) is 3.63. The van der Waals surface area contributed by atoms with Crippen molar-refractivity contribution in [3.63, 3.8) is 0 Å². The predicted molar refractivity (Wildman–Crippen MR) is 128 cm³/mol. The van der Waals surface area contributed by atoms with Crippen molar-refractivity contribution >= 4 is 11.8 Å². The maximum atomic E-state index is 13.6. The third-order valence-electron chi connectivity index (χ3n) is 5.78. The lowest BCUT2D eigenvalue weighted by Gasteiger charge is -2.18. The summed E-state index contributed by atoms with van der Waals surface area (Å²) in [5.41, 5.74) is 3.41. The van der Waals surface area contributed by atoms with Crippen LogP contribution in [0.2, 0.25) is 0 Å². The number of imidazole rings is 1. The van der Waals surface area contributed by atoms with Crippen LogP contribution in [0, 0.1) is 5.82 Å². The van der Waals surface area contributed by atoms with Crippen LogP contribution >= 0.6 is 0 Å². The van der Waals surface area contributed by atoms with Crippen molar-refractivity contribution < 1.29 is 4.39 Å². The highest BCUT2D eigenvalue weighted by Crippen LogP contribution is 2.39. The van der Waals surface area contributed by atoms with Gasteiger partial charge in [0.25, 0.3) is 0 Å². The average molecular weight is 444 g/mol. The molecule has 8 heteroatoms. The van der Waals surface area contributed by atoms with Crippen molar-refractivity contribution in [3.8, 4) is 22.6 Å². The summed E-state index contributed by atoms with van der Waals surface area (Å²) in [7, 11) is 0. The molecule has 0 bridgehead atoms. The fourth-order valence-electron chi connectivity index (χ4n) is 4.22. The standard InChI is InChI=1S/C25H26FN7/c1-2-13-28-25-29-15-12-20(31-25)24-23(17-6-8-18(26)9-7-17)32-22-11-10-19(33(22)24)16-30-21-5-3-4-14-27-21/h3-9,12,14-15,19H,2,10-11,13,16H2,1H3,(H,27,30)(H,28,29,31). The van der Waals surface area contributed by atoms with E-state index in [1.807, 2.05) is 24.3 Å². The third-order valence-corrected chi connectivity index (χ3v) is 5.78. The molecule has 0 amide bonds. The van der Waals surface area contributed by atoms with E-state index in [1.165, 1.54) is 12.1 Å². The van der Waals surface area contributed by atoms with E-state index in [0.717, 1.165) is 66.6 Å². The number of anilines is 2. The number of benzene rings is 1. The Hall–Kier alpha value is -3.81. The van der Waals surface area contributed by atoms with E-state index in [0.29, 0.717) is 5.95 Å². The first-order valence-corrected chi connectivity index (χ1v) is 11.3. The van der Waals surface area contributed by atoms with Crippen molar-refractivity contribution in [2.75, 3.05) is 23.7 Å². The average Bonchev–Trinajstić information content (AvgIpc) is 3.42. The van der Waals surface area contributed by atoms with Crippen LogP contribution in [-0.2, 0) is 6.42 Å². The smallest absolute Gasteiger partial charge is 0.223 e. The summed E-state index contributed by atoms with van der Waals surface area (Å²) < 4.78 is 15.9. The molecule has 33 heavy (non-hydrogen) atoms. The van der Waals surface area contributed by atoms with Crippen molar-refractivity contribution in [1.29, 1.82) is 0 Å². The number of aryl methyl sites for hydroxylation is 1. The summed E-state index contributed by atoms with van der Waals surface area (Å²) in [5, 5.41) is 6.71. The first-order valence-electron chi connectivity index (χ1n) is 11.3. The molecule has 1 aromatic carbocycles. The van der Waals surface area contributed by atoms with Gasteiger partial charge in [-0.05, 0) is 55.3 Å². The van der Waals surface area contributed by atoms with E-state index >= 15 is 0 Å². The van der Waals surface area contributed by atoms with Crippen molar-refractivity contribution in [1.82, 2.24) is 24.5 Å². The van der Waals surface area contributed by atoms with Crippen molar-refractivity contribution in [2.24, 2.45) is 0 Å². The minimum atomic E-state index is -0.266. The molecule has 0 radical (unpaired) electrons. The Bertz CT molecular complexity index is 1220. The van der Waals surface area contributed by atoms with Gasteiger partial charge in [0.1, 0.15) is 17.5 Å². The van der Waals surface area contributed by atoms with Crippen LogP contribution in [0.4, 0.5) is 16.2 Å². The van der Waals surface area contributed by atoms with Crippen LogP contribution in [0.15, 0.2) is 60.9 Å². The maximum absolute atomic E-state index is 13.6. The number of hydrogen-bond acceptors (Lipinski definition) is 6. The van der Waals surface area contributed by atoms with Gasteiger partial charge in [-0.2, -0.15) is 0 Å². The van der Waals surface area contributed by atoms with Crippen molar-refractivity contribution in [2.45, 2.75) is 32.2 Å². The van der Waals surface area contributed by atoms with Gasteiger partial charge in [0.05, 0.1) is 23.1 Å². The molecule has 1 atom stereocenters. The lowest BCUT2D eigenvalue weighted by Crippen LogP contribution is -2.17. The largest absolute Gasteiger partial charge is 0.368 e. The molecule has 168 valence electrons. The molecule has 1 aliphatic rings. The van der Waals surface area contributed by atoms with E-state index in [1.54, 1.807) is 24.5 Å². The first kappa shape index (κ1) is 21.1. The van der Waals surface area contributed by atoms with Crippen LogP contribution in [0.5, 0.6) is 0 Å². The molecule has 0 saturated heterocycles. The minimum absolute atomic E-state index is 0.195. The van der Waals surface area contributed by atoms with Gasteiger partial charge in [0.2, 0.25) is 5.95 Å². The van der Waals surface area contributed by atoms with Gasteiger partial charge < -0.3 is 15.2 Å². The molecule has 1 unspecified atom stereocenters. The highest BCUT2D eigenvalue weighted by Gasteiger charge is 2.30. The molecule has 2 N–H and O–H groups in total. The highest BCUT2D eigenvalue weighted by atomic mass is 19.1. The Morgan fingerprint density at radius 3 is 2.67 bits per heavy atom. The van der Waals surface area contributed by atoms with Gasteiger partial charge >= 0.3 is 0 Å². The van der Waals surface area contributed by atoms with E-state index in [4.69, 9.17) is 9.97 Å². The van der Waals surface area contributed by atoms with Gasteiger partial charge in [0, 0.05) is 37.5 Å². The Morgan fingerprint density at radius 1 is 1.00 bits per heavy atom. The Morgan fingerprint density at radius 2 is 1.88 bits per heavy atom. The molecule has 4 aromatic rings. The number of halogens is 1. The van der Waals surface area contributed by atoms with Crippen LogP contribution in [0.3, 0.4) is 0 Å². The number of fused-ring (bicyclic) bond motifs is 1. The van der Waals surface area contributed by atoms with Crippen LogP contribution < -0.4 is 10.6 Å². The normalized spacial score (nSPS) is 14.8. The summed E-state index contributed by atoms with van der Waals surface area (Å²) in [6.07, 6.45) is 6.38. The molecular weight excluding hydrogens is 417 g/mol. The molecular formula is C25H26FN7. The van der Waals surface area contributed by atoms with Crippen molar-refractivity contribution in [3.05, 3.63) is 72.6 Å². The van der Waals surface area contributed by atoms with E-state index in [9.17, 15) is 4.39 Å². The number of rotatable bonds is 8. The van der Waals surface area contributed by atoms with Gasteiger partial charge in [-0.15, -0.1) is 0 Å². The Kier molecular flexibility index (Phi) is 5.97. The monoisotopic (exact) mass is 443 g/mol. The predicted octanol–water partition coefficient (Wildman–Crippen LogP) is 4.96. The summed E-state index contributed by atoms with van der Waals surface area (Å²) in [5.74, 6) is 2.19. The molecule has 0 fully saturated rings. The Labute approximate surface area is 192 Å². The zero-order valence-corrected chi connectivity index (χ0v) is 18.5. The lowest BCUT2D eigenvalue weighted by atomic mass is 10.1. The van der Waals surface area contributed by atoms with Gasteiger partial charge in [-0.1, -0.05) is 13.0 Å². The zero-order chi connectivity index (χ0) is 22.6. The van der Waals surface area contributed by atoms with Crippen LogP contribution in [0.25, 0.3) is 22.6 Å². The summed E-state index contributed by atoms with van der Waals surface area (Å²) in [4.78, 5) is 18.5. The first-order chi connectivity index (χ1) is 16.2. The van der Waals surface area contributed by atoms with Gasteiger partial charge in [-0.25, -0.2) is 24.3 Å². The van der Waals surface area contributed by atoms with E-state index < -0.39 is 0 Å². The number of aromatic nitrogens is 5. The Balaban J connectivity index is 1.56. The second-order valence-corrected chi connectivity index (χ2v) is 8.08. The number of pyridine rings is 1. The van der Waals surface area contributed by atoms with Gasteiger partial charge in [0.15, 0.2) is 0 Å². The third kappa shape index (κ3) is 4.41. The molecule has 0 spiro atoms. The molecule has 4 heterocycles. The number of nitrogens with zero attached hydrogens (tertiary/aromatic N) is 5. The van der Waals surface area contributed by atoms with Crippen LogP contribution in [-0.4, -0.2) is 37.6 Å². The van der Waals surface area contributed by atoms with E-state index in [2.05, 4.69) is 32.1 Å². The topological polar surface area (TPSA) is 80.5 Å². The maximum Gasteiger partial charge on any atom is 0.223 e. The minimum Gasteiger partial charge on any atom is -0.368 e. The summed E-state index contributed by atoms with van der Waals surface area (Å²) in [6, 6.07) is 14.4. The molecule has 0 aliphatic carbocycles. The molecule has 1 aliphatic heterocycles. The number of nitrogens with one attached hydrogen (secondary N) is 2. The second kappa shape index (κ2) is 9.36. The zero-order valence-electron chi connectivity index (χ0n) is 18.5. The second-order valence-electron chi connectivity index (χ2n) is 8.08. The van der Waals surface area contributed by atoms with Crippen LogP contribution in [0.1, 0.15) is 31.6 Å². The SMILES string of the molecule is CCCNc1nccc(-c2c(-c3ccc(F)cc3)nc3n2C(CNc2ccccn2)CC3)n1. The molecule has 7 nitrogen and oxygen atoms in total.